The molecular weight excluding hydrogens is 253 g/mol. The summed E-state index contributed by atoms with van der Waals surface area (Å²) in [5, 5.41) is 11.5. The highest BCUT2D eigenvalue weighted by Gasteiger charge is 2.22. The van der Waals surface area contributed by atoms with E-state index in [-0.39, 0.29) is 24.7 Å². The van der Waals surface area contributed by atoms with E-state index < -0.39 is 17.3 Å². The fourth-order valence-corrected chi connectivity index (χ4v) is 1.55. The van der Waals surface area contributed by atoms with Gasteiger partial charge in [-0.2, -0.15) is 0 Å². The van der Waals surface area contributed by atoms with Crippen molar-refractivity contribution in [1.82, 2.24) is 5.32 Å². The Hall–Kier alpha value is -2.11. The quantitative estimate of drug-likeness (QED) is 0.820. The number of nitrogens with one attached hydrogen (secondary N) is 1. The van der Waals surface area contributed by atoms with Gasteiger partial charge in [0.2, 0.25) is 5.91 Å². The number of aromatic carboxylic acids is 1. The van der Waals surface area contributed by atoms with Crippen LogP contribution in [0.4, 0.5) is 4.39 Å². The van der Waals surface area contributed by atoms with Gasteiger partial charge in [0.25, 0.3) is 0 Å². The standard InChI is InChI=1S/C13H14FNO4/c14-11-7-9(3-4-10(11)13(17)18)19-6-5-12(16)15-8-1-2-8/h3-4,7-8H,1-2,5-6H2,(H,15,16)(H,17,18). The molecule has 1 amide bonds. The van der Waals surface area contributed by atoms with E-state index in [4.69, 9.17) is 9.84 Å². The van der Waals surface area contributed by atoms with Crippen molar-refractivity contribution in [2.75, 3.05) is 6.61 Å². The molecule has 6 heteroatoms. The fourth-order valence-electron chi connectivity index (χ4n) is 1.55. The van der Waals surface area contributed by atoms with E-state index in [2.05, 4.69) is 5.32 Å². The topological polar surface area (TPSA) is 75.6 Å². The monoisotopic (exact) mass is 267 g/mol. The summed E-state index contributed by atoms with van der Waals surface area (Å²) in [5.41, 5.74) is -0.404. The first-order valence-corrected chi connectivity index (χ1v) is 6.01. The molecule has 19 heavy (non-hydrogen) atoms. The Bertz CT molecular complexity index is 499. The zero-order valence-corrected chi connectivity index (χ0v) is 10.2. The summed E-state index contributed by atoms with van der Waals surface area (Å²) in [5.74, 6) is -2.06. The van der Waals surface area contributed by atoms with Crippen molar-refractivity contribution in [3.63, 3.8) is 0 Å². The largest absolute Gasteiger partial charge is 0.493 e. The highest BCUT2D eigenvalue weighted by molar-refractivity contribution is 5.88. The predicted octanol–water partition coefficient (Wildman–Crippen LogP) is 1.57. The molecule has 0 spiro atoms. The van der Waals surface area contributed by atoms with Crippen LogP contribution in [0.3, 0.4) is 0 Å². The zero-order chi connectivity index (χ0) is 13.8. The lowest BCUT2D eigenvalue weighted by Crippen LogP contribution is -2.26. The average molecular weight is 267 g/mol. The number of hydrogen-bond acceptors (Lipinski definition) is 3. The van der Waals surface area contributed by atoms with Gasteiger partial charge in [0.05, 0.1) is 18.6 Å². The number of ether oxygens (including phenoxy) is 1. The van der Waals surface area contributed by atoms with Crippen molar-refractivity contribution in [2.45, 2.75) is 25.3 Å². The minimum atomic E-state index is -1.33. The van der Waals surface area contributed by atoms with Gasteiger partial charge >= 0.3 is 5.97 Å². The second-order valence-corrected chi connectivity index (χ2v) is 4.39. The van der Waals surface area contributed by atoms with Crippen molar-refractivity contribution >= 4 is 11.9 Å². The summed E-state index contributed by atoms with van der Waals surface area (Å²) in [6.45, 7) is 0.129. The van der Waals surface area contributed by atoms with Crippen LogP contribution in [0.5, 0.6) is 5.75 Å². The van der Waals surface area contributed by atoms with Crippen LogP contribution in [-0.2, 0) is 4.79 Å². The smallest absolute Gasteiger partial charge is 0.338 e. The molecule has 0 atom stereocenters. The second kappa shape index (κ2) is 5.69. The summed E-state index contributed by atoms with van der Waals surface area (Å²) in [4.78, 5) is 22.0. The molecule has 0 bridgehead atoms. The molecule has 102 valence electrons. The van der Waals surface area contributed by atoms with Crippen LogP contribution in [0.2, 0.25) is 0 Å². The number of carbonyl (C=O) groups is 2. The first kappa shape index (κ1) is 13.3. The molecule has 1 aromatic carbocycles. The van der Waals surface area contributed by atoms with E-state index in [1.807, 2.05) is 0 Å². The van der Waals surface area contributed by atoms with E-state index in [1.54, 1.807) is 0 Å². The van der Waals surface area contributed by atoms with Crippen molar-refractivity contribution in [1.29, 1.82) is 0 Å². The SMILES string of the molecule is O=C(CCOc1ccc(C(=O)O)c(F)c1)NC1CC1. The Labute approximate surface area is 109 Å². The molecule has 0 radical (unpaired) electrons. The van der Waals surface area contributed by atoms with Crippen LogP contribution >= 0.6 is 0 Å². The molecule has 2 rings (SSSR count). The zero-order valence-electron chi connectivity index (χ0n) is 10.2. The van der Waals surface area contributed by atoms with Gasteiger partial charge in [-0.05, 0) is 25.0 Å². The maximum Gasteiger partial charge on any atom is 0.338 e. The van der Waals surface area contributed by atoms with Gasteiger partial charge in [-0.1, -0.05) is 0 Å². The third-order valence-electron chi connectivity index (χ3n) is 2.71. The number of rotatable bonds is 6. The molecule has 1 aromatic rings. The molecule has 5 nitrogen and oxygen atoms in total. The molecule has 0 aliphatic heterocycles. The van der Waals surface area contributed by atoms with Crippen molar-refractivity contribution in [3.05, 3.63) is 29.6 Å². The minimum absolute atomic E-state index is 0.0925. The van der Waals surface area contributed by atoms with Crippen LogP contribution in [-0.4, -0.2) is 29.6 Å². The van der Waals surface area contributed by atoms with Gasteiger partial charge in [0, 0.05) is 12.1 Å². The average Bonchev–Trinajstić information content (AvgIpc) is 3.12. The summed E-state index contributed by atoms with van der Waals surface area (Å²) in [6, 6.07) is 3.81. The van der Waals surface area contributed by atoms with E-state index in [1.165, 1.54) is 6.07 Å². The molecule has 1 fully saturated rings. The number of halogens is 1. The van der Waals surface area contributed by atoms with Crippen molar-refractivity contribution in [2.24, 2.45) is 0 Å². The number of benzene rings is 1. The number of carbonyl (C=O) groups excluding carboxylic acids is 1. The maximum absolute atomic E-state index is 13.3. The van der Waals surface area contributed by atoms with Crippen LogP contribution < -0.4 is 10.1 Å². The van der Waals surface area contributed by atoms with Gasteiger partial charge in [-0.3, -0.25) is 4.79 Å². The van der Waals surface area contributed by atoms with E-state index in [0.29, 0.717) is 6.04 Å². The van der Waals surface area contributed by atoms with Crippen molar-refractivity contribution in [3.8, 4) is 5.75 Å². The van der Waals surface area contributed by atoms with Crippen LogP contribution in [0, 0.1) is 5.82 Å². The van der Waals surface area contributed by atoms with Gasteiger partial charge in [-0.25, -0.2) is 9.18 Å². The second-order valence-electron chi connectivity index (χ2n) is 4.39. The molecule has 0 unspecified atom stereocenters. The highest BCUT2D eigenvalue weighted by atomic mass is 19.1. The first-order chi connectivity index (χ1) is 9.06. The Kier molecular flexibility index (Phi) is 3.99. The third-order valence-corrected chi connectivity index (χ3v) is 2.71. The summed E-state index contributed by atoms with van der Waals surface area (Å²) in [7, 11) is 0. The molecular formula is C13H14FNO4. The molecule has 1 aliphatic rings. The van der Waals surface area contributed by atoms with E-state index in [0.717, 1.165) is 25.0 Å². The normalized spacial score (nSPS) is 13.9. The summed E-state index contributed by atoms with van der Waals surface area (Å²) in [6.07, 6.45) is 2.24. The van der Waals surface area contributed by atoms with E-state index in [9.17, 15) is 14.0 Å². The molecule has 0 aromatic heterocycles. The number of amides is 1. The highest BCUT2D eigenvalue weighted by Crippen LogP contribution is 2.19. The lowest BCUT2D eigenvalue weighted by atomic mass is 10.2. The molecule has 0 saturated heterocycles. The van der Waals surface area contributed by atoms with Crippen LogP contribution in [0.15, 0.2) is 18.2 Å². The summed E-state index contributed by atoms with van der Waals surface area (Å²) >= 11 is 0. The van der Waals surface area contributed by atoms with Gasteiger partial charge in [-0.15, -0.1) is 0 Å². The van der Waals surface area contributed by atoms with Gasteiger partial charge in [0.15, 0.2) is 0 Å². The Morgan fingerprint density at radius 2 is 2.16 bits per heavy atom. The Morgan fingerprint density at radius 1 is 1.42 bits per heavy atom. The third kappa shape index (κ3) is 3.94. The Balaban J connectivity index is 1.80. The molecule has 2 N–H and O–H groups in total. The van der Waals surface area contributed by atoms with Crippen LogP contribution in [0.1, 0.15) is 29.6 Å². The van der Waals surface area contributed by atoms with Gasteiger partial charge < -0.3 is 15.2 Å². The lowest BCUT2D eigenvalue weighted by Gasteiger charge is -2.07. The number of carboxylic acid groups (broad SMARTS) is 1. The number of hydrogen-bond donors (Lipinski definition) is 2. The van der Waals surface area contributed by atoms with E-state index >= 15 is 0 Å². The number of carboxylic acids is 1. The fraction of sp³-hybridized carbons (Fsp3) is 0.385. The van der Waals surface area contributed by atoms with Crippen molar-refractivity contribution < 1.29 is 23.8 Å². The van der Waals surface area contributed by atoms with Crippen LogP contribution in [0.25, 0.3) is 0 Å². The molecule has 0 heterocycles. The van der Waals surface area contributed by atoms with Gasteiger partial charge in [0.1, 0.15) is 11.6 Å². The maximum atomic E-state index is 13.3. The molecule has 1 saturated carbocycles. The lowest BCUT2D eigenvalue weighted by molar-refractivity contribution is -0.121. The predicted molar refractivity (Wildman–Crippen MR) is 64.6 cm³/mol. The Morgan fingerprint density at radius 3 is 2.74 bits per heavy atom. The first-order valence-electron chi connectivity index (χ1n) is 6.01. The minimum Gasteiger partial charge on any atom is -0.493 e. The summed E-state index contributed by atoms with van der Waals surface area (Å²) < 4.78 is 18.5. The molecule has 1 aliphatic carbocycles.